The molecule has 53 heavy (non-hydrogen) atoms. The molecule has 2 heterocycles. The summed E-state index contributed by atoms with van der Waals surface area (Å²) in [4.78, 5) is 2.35. The van der Waals surface area contributed by atoms with Crippen molar-refractivity contribution in [1.82, 2.24) is 0 Å². The van der Waals surface area contributed by atoms with Crippen LogP contribution in [0.3, 0.4) is 0 Å². The molecule has 0 aliphatic carbocycles. The van der Waals surface area contributed by atoms with Gasteiger partial charge in [-0.15, -0.1) is 0 Å². The molecule has 0 atom stereocenters. The molecule has 0 aliphatic heterocycles. The van der Waals surface area contributed by atoms with Crippen molar-refractivity contribution in [3.05, 3.63) is 188 Å². The van der Waals surface area contributed by atoms with Crippen LogP contribution in [-0.2, 0) is 0 Å². The Morgan fingerprint density at radius 1 is 0.302 bits per heavy atom. The van der Waals surface area contributed by atoms with E-state index in [9.17, 15) is 0 Å². The van der Waals surface area contributed by atoms with Crippen LogP contribution >= 0.6 is 0 Å². The minimum Gasteiger partial charge on any atom is -0.454 e. The summed E-state index contributed by atoms with van der Waals surface area (Å²) >= 11 is 0. The number of benzene rings is 9. The van der Waals surface area contributed by atoms with Gasteiger partial charge in [0.15, 0.2) is 11.2 Å². The lowest BCUT2D eigenvalue weighted by Gasteiger charge is -2.28. The van der Waals surface area contributed by atoms with Gasteiger partial charge in [0.2, 0.25) is 0 Å². The number of para-hydroxylation sites is 4. The lowest BCUT2D eigenvalue weighted by molar-refractivity contribution is 0.666. The van der Waals surface area contributed by atoms with Crippen molar-refractivity contribution in [2.24, 2.45) is 0 Å². The first-order valence-corrected chi connectivity index (χ1v) is 18.0. The van der Waals surface area contributed by atoms with Gasteiger partial charge >= 0.3 is 0 Å². The smallest absolute Gasteiger partial charge is 0.159 e. The summed E-state index contributed by atoms with van der Waals surface area (Å²) in [6, 6.07) is 66.8. The Bertz CT molecular complexity index is 3070. The monoisotopic (exact) mass is 677 g/mol. The molecule has 0 unspecified atom stereocenters. The van der Waals surface area contributed by atoms with Crippen LogP contribution in [0.25, 0.3) is 87.7 Å². The molecule has 0 bridgehead atoms. The van der Waals surface area contributed by atoms with Crippen molar-refractivity contribution < 1.29 is 8.83 Å². The third-order valence-corrected chi connectivity index (χ3v) is 10.7. The largest absolute Gasteiger partial charge is 0.454 e. The lowest BCUT2D eigenvalue weighted by Crippen LogP contribution is -2.12. The molecule has 0 amide bonds. The van der Waals surface area contributed by atoms with E-state index in [1.54, 1.807) is 0 Å². The molecule has 3 heteroatoms. The van der Waals surface area contributed by atoms with Crippen molar-refractivity contribution >= 4 is 82.5 Å². The van der Waals surface area contributed by atoms with Crippen LogP contribution in [0.1, 0.15) is 0 Å². The molecule has 9 aromatic carbocycles. The van der Waals surface area contributed by atoms with E-state index in [0.29, 0.717) is 0 Å². The van der Waals surface area contributed by atoms with Gasteiger partial charge in [-0.1, -0.05) is 152 Å². The molecular formula is C50H31NO2. The predicted molar refractivity (Wildman–Crippen MR) is 222 cm³/mol. The van der Waals surface area contributed by atoms with Crippen LogP contribution in [0, 0.1) is 0 Å². The summed E-state index contributed by atoms with van der Waals surface area (Å²) in [6.45, 7) is 0. The zero-order valence-electron chi connectivity index (χ0n) is 28.7. The van der Waals surface area contributed by atoms with E-state index in [0.717, 1.165) is 77.6 Å². The minimum atomic E-state index is 0.822. The number of anilines is 3. The zero-order valence-corrected chi connectivity index (χ0v) is 28.7. The highest BCUT2D eigenvalue weighted by Gasteiger charge is 2.26. The van der Waals surface area contributed by atoms with Gasteiger partial charge in [-0.05, 0) is 74.6 Å². The number of furan rings is 2. The summed E-state index contributed by atoms with van der Waals surface area (Å²) in [6.07, 6.45) is 0. The molecule has 0 saturated carbocycles. The molecule has 11 rings (SSSR count). The van der Waals surface area contributed by atoms with E-state index < -0.39 is 0 Å². The number of fused-ring (bicyclic) bond motifs is 9. The maximum absolute atomic E-state index is 6.77. The molecule has 3 nitrogen and oxygen atoms in total. The fourth-order valence-corrected chi connectivity index (χ4v) is 8.25. The van der Waals surface area contributed by atoms with Crippen LogP contribution < -0.4 is 4.90 Å². The molecule has 0 aliphatic rings. The van der Waals surface area contributed by atoms with Crippen LogP contribution in [-0.4, -0.2) is 0 Å². The van der Waals surface area contributed by atoms with Gasteiger partial charge in [0.05, 0.1) is 17.1 Å². The summed E-state index contributed by atoms with van der Waals surface area (Å²) in [5, 5.41) is 9.24. The first-order valence-electron chi connectivity index (χ1n) is 18.0. The van der Waals surface area contributed by atoms with Crippen molar-refractivity contribution in [3.8, 4) is 22.3 Å². The van der Waals surface area contributed by atoms with E-state index in [2.05, 4.69) is 169 Å². The Labute approximate surface area is 305 Å². The molecule has 11 aromatic rings. The van der Waals surface area contributed by atoms with Crippen molar-refractivity contribution in [2.75, 3.05) is 4.90 Å². The van der Waals surface area contributed by atoms with Crippen LogP contribution in [0.5, 0.6) is 0 Å². The third kappa shape index (κ3) is 4.61. The quantitative estimate of drug-likeness (QED) is 0.170. The zero-order chi connectivity index (χ0) is 34.9. The number of rotatable bonds is 5. The van der Waals surface area contributed by atoms with Crippen LogP contribution in [0.2, 0.25) is 0 Å². The van der Waals surface area contributed by atoms with Gasteiger partial charge in [-0.2, -0.15) is 0 Å². The van der Waals surface area contributed by atoms with Gasteiger partial charge < -0.3 is 13.7 Å². The Morgan fingerprint density at radius 3 is 1.49 bits per heavy atom. The second-order valence-corrected chi connectivity index (χ2v) is 13.6. The van der Waals surface area contributed by atoms with Gasteiger partial charge in [0.25, 0.3) is 0 Å². The molecule has 0 fully saturated rings. The Morgan fingerprint density at radius 2 is 0.830 bits per heavy atom. The number of hydrogen-bond donors (Lipinski definition) is 0. The normalized spacial score (nSPS) is 11.8. The summed E-state index contributed by atoms with van der Waals surface area (Å²) in [5.41, 5.74) is 10.8. The fourth-order valence-electron chi connectivity index (χ4n) is 8.25. The van der Waals surface area contributed by atoms with Crippen LogP contribution in [0.4, 0.5) is 17.1 Å². The summed E-state index contributed by atoms with van der Waals surface area (Å²) < 4.78 is 13.5. The number of hydrogen-bond acceptors (Lipinski definition) is 3. The molecule has 0 spiro atoms. The van der Waals surface area contributed by atoms with Crippen molar-refractivity contribution in [2.45, 2.75) is 0 Å². The highest BCUT2D eigenvalue weighted by atomic mass is 16.3. The maximum Gasteiger partial charge on any atom is 0.159 e. The topological polar surface area (TPSA) is 29.5 Å². The fraction of sp³-hybridized carbons (Fsp3) is 0. The van der Waals surface area contributed by atoms with E-state index in [-0.39, 0.29) is 0 Å². The lowest BCUT2D eigenvalue weighted by atomic mass is 9.91. The Kier molecular flexibility index (Phi) is 6.55. The first-order chi connectivity index (χ1) is 26.3. The predicted octanol–water partition coefficient (Wildman–Crippen LogP) is 14.6. The average Bonchev–Trinajstić information content (AvgIpc) is 3.81. The van der Waals surface area contributed by atoms with Crippen molar-refractivity contribution in [3.63, 3.8) is 0 Å². The highest BCUT2D eigenvalue weighted by molar-refractivity contribution is 6.16. The van der Waals surface area contributed by atoms with E-state index in [1.165, 1.54) is 27.1 Å². The standard InChI is InChI=1S/C50H31NO2/c1-2-14-32(15-3-1)36-29-28-34(43-30-33-16-4-5-17-35(33)37-18-6-7-19-38(37)43)31-46(36)51(44-24-12-22-41-39-20-8-10-26-47(39)52-49(41)44)45-25-13-23-42-40-21-9-11-27-48(40)53-50(42)45/h1-31H. The summed E-state index contributed by atoms with van der Waals surface area (Å²) in [7, 11) is 0. The molecule has 0 N–H and O–H groups in total. The minimum absolute atomic E-state index is 0.822. The van der Waals surface area contributed by atoms with Crippen LogP contribution in [0.15, 0.2) is 197 Å². The van der Waals surface area contributed by atoms with Gasteiger partial charge in [-0.3, -0.25) is 0 Å². The van der Waals surface area contributed by atoms with Gasteiger partial charge in [-0.25, -0.2) is 0 Å². The maximum atomic E-state index is 6.77. The second kappa shape index (κ2) is 11.7. The first kappa shape index (κ1) is 29.6. The Hall–Kier alpha value is -7.10. The summed E-state index contributed by atoms with van der Waals surface area (Å²) in [5.74, 6) is 0. The van der Waals surface area contributed by atoms with E-state index in [1.807, 2.05) is 24.3 Å². The van der Waals surface area contributed by atoms with E-state index >= 15 is 0 Å². The second-order valence-electron chi connectivity index (χ2n) is 13.6. The van der Waals surface area contributed by atoms with Gasteiger partial charge in [0, 0.05) is 27.1 Å². The molecular weight excluding hydrogens is 647 g/mol. The molecule has 0 radical (unpaired) electrons. The Balaban J connectivity index is 1.27. The van der Waals surface area contributed by atoms with Crippen molar-refractivity contribution in [1.29, 1.82) is 0 Å². The SMILES string of the molecule is c1ccc(-c2ccc(-c3cc4ccccc4c4ccccc34)cc2N(c2cccc3c2oc2ccccc23)c2cccc3c2oc2ccccc23)cc1. The van der Waals surface area contributed by atoms with Gasteiger partial charge in [0.1, 0.15) is 11.2 Å². The molecule has 248 valence electrons. The number of nitrogens with zero attached hydrogens (tertiary/aromatic N) is 1. The molecule has 2 aromatic heterocycles. The average molecular weight is 678 g/mol. The molecule has 0 saturated heterocycles. The van der Waals surface area contributed by atoms with E-state index in [4.69, 9.17) is 8.83 Å². The highest BCUT2D eigenvalue weighted by Crippen LogP contribution is 2.49. The third-order valence-electron chi connectivity index (χ3n) is 10.7.